The van der Waals surface area contributed by atoms with Crippen LogP contribution in [0.5, 0.6) is 0 Å². The number of halogens is 2. The Balaban J connectivity index is 1.64. The molecule has 0 saturated heterocycles. The maximum atomic E-state index is 6.07. The molecule has 1 heterocycles. The summed E-state index contributed by atoms with van der Waals surface area (Å²) in [5, 5.41) is 2.06. The van der Waals surface area contributed by atoms with Crippen LogP contribution in [0.4, 0.5) is 0 Å². The minimum Gasteiger partial charge on any atom is -0.369 e. The lowest BCUT2D eigenvalue weighted by atomic mass is 9.98. The van der Waals surface area contributed by atoms with E-state index < -0.39 is 0 Å². The van der Waals surface area contributed by atoms with E-state index in [1.165, 1.54) is 12.8 Å². The first-order chi connectivity index (χ1) is 14.1. The summed E-state index contributed by atoms with van der Waals surface area (Å²) >= 11 is 13.8. The first kappa shape index (κ1) is 20.1. The van der Waals surface area contributed by atoms with Crippen LogP contribution in [-0.4, -0.2) is 16.2 Å². The highest BCUT2D eigenvalue weighted by molar-refractivity contribution is 7.98. The Morgan fingerprint density at radius 2 is 1.66 bits per heavy atom. The number of aliphatic imine (C=N–C) groups is 1. The van der Waals surface area contributed by atoms with Crippen molar-refractivity contribution < 1.29 is 0 Å². The fourth-order valence-electron chi connectivity index (χ4n) is 2.82. The van der Waals surface area contributed by atoms with Crippen molar-refractivity contribution >= 4 is 41.1 Å². The van der Waals surface area contributed by atoms with Gasteiger partial charge in [-0.1, -0.05) is 47.5 Å². The largest absolute Gasteiger partial charge is 0.369 e. The molecule has 0 bridgehead atoms. The molecule has 0 spiro atoms. The lowest BCUT2D eigenvalue weighted by molar-refractivity contribution is 1.03. The van der Waals surface area contributed by atoms with E-state index in [4.69, 9.17) is 33.9 Å². The van der Waals surface area contributed by atoms with Crippen molar-refractivity contribution in [1.82, 2.24) is 9.71 Å². The molecule has 1 aromatic heterocycles. The molecule has 2 aromatic carbocycles. The molecule has 0 amide bonds. The highest BCUT2D eigenvalue weighted by atomic mass is 35.5. The molecule has 4 rings (SSSR count). The van der Waals surface area contributed by atoms with Crippen molar-refractivity contribution in [3.05, 3.63) is 76.4 Å². The molecule has 1 aliphatic carbocycles. The predicted octanol–water partition coefficient (Wildman–Crippen LogP) is 5.94. The molecule has 0 atom stereocenters. The van der Waals surface area contributed by atoms with Gasteiger partial charge < -0.3 is 10.5 Å². The van der Waals surface area contributed by atoms with Gasteiger partial charge in [0.15, 0.2) is 5.96 Å². The summed E-state index contributed by atoms with van der Waals surface area (Å²) < 4.78 is 3.11. The van der Waals surface area contributed by atoms with E-state index in [0.717, 1.165) is 27.9 Å². The second kappa shape index (κ2) is 9.08. The summed E-state index contributed by atoms with van der Waals surface area (Å²) in [6.07, 6.45) is 4.32. The lowest BCUT2D eigenvalue weighted by Gasteiger charge is -2.12. The number of nitrogens with two attached hydrogens (primary N) is 1. The summed E-state index contributed by atoms with van der Waals surface area (Å²) in [6, 6.07) is 17.5. The van der Waals surface area contributed by atoms with E-state index in [1.807, 2.05) is 54.7 Å². The fourth-order valence-corrected chi connectivity index (χ4v) is 3.80. The second-order valence-corrected chi connectivity index (χ2v) is 8.85. The molecule has 4 nitrogen and oxygen atoms in total. The van der Waals surface area contributed by atoms with Crippen LogP contribution in [0.15, 0.2) is 65.8 Å². The van der Waals surface area contributed by atoms with E-state index in [9.17, 15) is 0 Å². The lowest BCUT2D eigenvalue weighted by Crippen LogP contribution is -2.26. The van der Waals surface area contributed by atoms with Gasteiger partial charge in [0, 0.05) is 32.6 Å². The Hall–Kier alpha value is -2.21. The Kier molecular flexibility index (Phi) is 6.28. The monoisotopic (exact) mass is 442 g/mol. The summed E-state index contributed by atoms with van der Waals surface area (Å²) in [4.78, 5) is 9.17. The number of nitrogens with one attached hydrogen (secondary N) is 1. The number of rotatable bonds is 6. The average molecular weight is 443 g/mol. The number of pyridine rings is 1. The number of benzene rings is 2. The van der Waals surface area contributed by atoms with Gasteiger partial charge in [-0.2, -0.15) is 0 Å². The Bertz CT molecular complexity index is 1020. The van der Waals surface area contributed by atoms with E-state index in [2.05, 4.69) is 15.8 Å². The molecule has 0 aliphatic heterocycles. The molecule has 0 unspecified atom stereocenters. The standard InChI is InChI=1S/C22H20Cl2N4S/c23-17-5-1-15(2-6-17)20-11-14(13-27-22(25)28-29-19-9-10-19)12-26-21(20)16-3-7-18(24)8-4-16/h1-8,11-12,19H,9-10,13H2,(H3,25,27,28). The molecular weight excluding hydrogens is 423 g/mol. The van der Waals surface area contributed by atoms with Gasteiger partial charge in [-0.15, -0.1) is 0 Å². The zero-order valence-corrected chi connectivity index (χ0v) is 17.9. The minimum absolute atomic E-state index is 0.441. The molecule has 148 valence electrons. The van der Waals surface area contributed by atoms with Gasteiger partial charge >= 0.3 is 0 Å². The molecule has 29 heavy (non-hydrogen) atoms. The number of guanidine groups is 1. The smallest absolute Gasteiger partial charge is 0.199 e. The van der Waals surface area contributed by atoms with Crippen LogP contribution >= 0.6 is 35.1 Å². The molecule has 1 fully saturated rings. The normalized spacial score (nSPS) is 14.1. The minimum atomic E-state index is 0.441. The van der Waals surface area contributed by atoms with Gasteiger partial charge in [0.1, 0.15) is 0 Å². The van der Waals surface area contributed by atoms with Crippen molar-refractivity contribution in [2.75, 3.05) is 0 Å². The first-order valence-corrected chi connectivity index (χ1v) is 10.9. The van der Waals surface area contributed by atoms with E-state index in [-0.39, 0.29) is 0 Å². The topological polar surface area (TPSA) is 63.3 Å². The molecular formula is C22H20Cl2N4S. The summed E-state index contributed by atoms with van der Waals surface area (Å²) in [7, 11) is 0. The van der Waals surface area contributed by atoms with Crippen molar-refractivity contribution in [3.8, 4) is 22.4 Å². The van der Waals surface area contributed by atoms with Gasteiger partial charge in [0.05, 0.1) is 12.2 Å². The summed E-state index contributed by atoms with van der Waals surface area (Å²) in [5.74, 6) is 0.441. The summed E-state index contributed by atoms with van der Waals surface area (Å²) in [6.45, 7) is 0.457. The average Bonchev–Trinajstić information content (AvgIpc) is 3.56. The fraction of sp³-hybridized carbons (Fsp3) is 0.182. The molecule has 7 heteroatoms. The Labute approximate surface area is 184 Å². The molecule has 3 aromatic rings. The van der Waals surface area contributed by atoms with Crippen molar-refractivity contribution in [2.24, 2.45) is 10.7 Å². The Morgan fingerprint density at radius 3 is 2.28 bits per heavy atom. The van der Waals surface area contributed by atoms with Crippen LogP contribution in [0, 0.1) is 0 Å². The van der Waals surface area contributed by atoms with Gasteiger partial charge in [0.2, 0.25) is 0 Å². The molecule has 1 aliphatic rings. The summed E-state index contributed by atoms with van der Waals surface area (Å²) in [5.41, 5.74) is 10.9. The quantitative estimate of drug-likeness (QED) is 0.281. The molecule has 3 N–H and O–H groups in total. The van der Waals surface area contributed by atoms with E-state index in [1.54, 1.807) is 11.9 Å². The first-order valence-electron chi connectivity index (χ1n) is 9.31. The predicted molar refractivity (Wildman–Crippen MR) is 124 cm³/mol. The number of nitrogens with zero attached hydrogens (tertiary/aromatic N) is 2. The third-order valence-corrected chi connectivity index (χ3v) is 6.14. The van der Waals surface area contributed by atoms with Crippen molar-refractivity contribution in [3.63, 3.8) is 0 Å². The zero-order valence-electron chi connectivity index (χ0n) is 15.6. The third kappa shape index (κ3) is 5.44. The highest BCUT2D eigenvalue weighted by Gasteiger charge is 2.22. The third-order valence-electron chi connectivity index (χ3n) is 4.50. The van der Waals surface area contributed by atoms with Gasteiger partial charge in [-0.3, -0.25) is 4.98 Å². The highest BCUT2D eigenvalue weighted by Crippen LogP contribution is 2.33. The maximum absolute atomic E-state index is 6.07. The molecule has 0 radical (unpaired) electrons. The second-order valence-electron chi connectivity index (χ2n) is 6.87. The van der Waals surface area contributed by atoms with Crippen LogP contribution < -0.4 is 10.5 Å². The SMILES string of the molecule is NC(=NCc1cnc(-c2ccc(Cl)cc2)c(-c2ccc(Cl)cc2)c1)NSC1CC1. The number of aromatic nitrogens is 1. The van der Waals surface area contributed by atoms with Crippen LogP contribution in [-0.2, 0) is 6.54 Å². The van der Waals surface area contributed by atoms with Crippen LogP contribution in [0.2, 0.25) is 10.0 Å². The zero-order chi connectivity index (χ0) is 20.2. The van der Waals surface area contributed by atoms with E-state index in [0.29, 0.717) is 27.8 Å². The van der Waals surface area contributed by atoms with Gasteiger partial charge in [0.25, 0.3) is 0 Å². The Morgan fingerprint density at radius 1 is 1.03 bits per heavy atom. The van der Waals surface area contributed by atoms with Crippen molar-refractivity contribution in [1.29, 1.82) is 0 Å². The van der Waals surface area contributed by atoms with Gasteiger partial charge in [-0.05, 0) is 66.2 Å². The van der Waals surface area contributed by atoms with Crippen LogP contribution in [0.25, 0.3) is 22.4 Å². The van der Waals surface area contributed by atoms with Crippen molar-refractivity contribution in [2.45, 2.75) is 24.6 Å². The van der Waals surface area contributed by atoms with Crippen LogP contribution in [0.3, 0.4) is 0 Å². The van der Waals surface area contributed by atoms with E-state index >= 15 is 0 Å². The maximum Gasteiger partial charge on any atom is 0.199 e. The number of hydrogen-bond donors (Lipinski definition) is 2. The van der Waals surface area contributed by atoms with Crippen LogP contribution in [0.1, 0.15) is 18.4 Å². The number of hydrogen-bond acceptors (Lipinski definition) is 3. The molecule has 1 saturated carbocycles. The van der Waals surface area contributed by atoms with Gasteiger partial charge in [-0.25, -0.2) is 4.99 Å².